The Kier molecular flexibility index (Phi) is 3.72. The minimum Gasteiger partial charge on any atom is -0.384 e. The summed E-state index contributed by atoms with van der Waals surface area (Å²) in [5.41, 5.74) is 0. The predicted octanol–water partition coefficient (Wildman–Crippen LogP) is 2.08. The molecule has 88 valence electrons. The molecule has 0 aliphatic carbocycles. The van der Waals surface area contributed by atoms with E-state index in [1.54, 1.807) is 13.2 Å². The molecule has 2 heterocycles. The number of hydrogen-bond acceptors (Lipinski definition) is 3. The van der Waals surface area contributed by atoms with E-state index in [0.717, 1.165) is 31.9 Å². The quantitative estimate of drug-likeness (QED) is 0.735. The lowest BCUT2D eigenvalue weighted by atomic mass is 9.99. The van der Waals surface area contributed by atoms with Crippen LogP contribution in [0.5, 0.6) is 0 Å². The van der Waals surface area contributed by atoms with Crippen LogP contribution in [0.15, 0.2) is 18.2 Å². The van der Waals surface area contributed by atoms with Gasteiger partial charge in [0.1, 0.15) is 5.82 Å². The highest BCUT2D eigenvalue weighted by atomic mass is 19.1. The first-order chi connectivity index (χ1) is 7.79. The first-order valence-electron chi connectivity index (χ1n) is 5.66. The molecule has 0 N–H and O–H groups in total. The van der Waals surface area contributed by atoms with Crippen LogP contribution in [0.2, 0.25) is 0 Å². The summed E-state index contributed by atoms with van der Waals surface area (Å²) in [7, 11) is 1.72. The van der Waals surface area contributed by atoms with Crippen LogP contribution < -0.4 is 4.90 Å². The molecule has 1 atom stereocenters. The average Bonchev–Trinajstić information content (AvgIpc) is 2.30. The molecule has 1 aliphatic heterocycles. The van der Waals surface area contributed by atoms with Gasteiger partial charge in [0, 0.05) is 20.2 Å². The summed E-state index contributed by atoms with van der Waals surface area (Å²) in [6.07, 6.45) is 2.30. The van der Waals surface area contributed by atoms with Crippen molar-refractivity contribution in [1.29, 1.82) is 0 Å². The van der Waals surface area contributed by atoms with Crippen molar-refractivity contribution >= 4 is 5.82 Å². The lowest BCUT2D eigenvalue weighted by molar-refractivity contribution is 0.143. The van der Waals surface area contributed by atoms with E-state index < -0.39 is 5.95 Å². The Bertz CT molecular complexity index is 344. The number of aromatic nitrogens is 1. The van der Waals surface area contributed by atoms with Crippen molar-refractivity contribution in [2.24, 2.45) is 5.92 Å². The van der Waals surface area contributed by atoms with E-state index >= 15 is 0 Å². The molecule has 1 fully saturated rings. The molecule has 4 heteroatoms. The van der Waals surface area contributed by atoms with Gasteiger partial charge in [0.15, 0.2) is 0 Å². The van der Waals surface area contributed by atoms with Crippen LogP contribution in [-0.4, -0.2) is 31.8 Å². The van der Waals surface area contributed by atoms with Gasteiger partial charge >= 0.3 is 0 Å². The molecule has 0 unspecified atom stereocenters. The molecule has 1 aliphatic rings. The van der Waals surface area contributed by atoms with E-state index in [4.69, 9.17) is 4.74 Å². The van der Waals surface area contributed by atoms with Crippen LogP contribution in [0.25, 0.3) is 0 Å². The maximum absolute atomic E-state index is 13.0. The smallest absolute Gasteiger partial charge is 0.214 e. The standard InChI is InChI=1S/C12H17FN2O/c1-16-9-10-4-3-7-15(8-10)12-6-2-5-11(13)14-12/h2,5-6,10H,3-4,7-9H2,1H3/t10-/m1/s1. The second-order valence-corrected chi connectivity index (χ2v) is 4.23. The molecule has 0 amide bonds. The highest BCUT2D eigenvalue weighted by Gasteiger charge is 2.20. The van der Waals surface area contributed by atoms with E-state index in [0.29, 0.717) is 5.92 Å². The second-order valence-electron chi connectivity index (χ2n) is 4.23. The lowest BCUT2D eigenvalue weighted by Gasteiger charge is -2.33. The number of pyridine rings is 1. The largest absolute Gasteiger partial charge is 0.384 e. The zero-order valence-corrected chi connectivity index (χ0v) is 9.53. The fourth-order valence-corrected chi connectivity index (χ4v) is 2.22. The summed E-state index contributed by atoms with van der Waals surface area (Å²) in [5.74, 6) is 0.857. The normalized spacial score (nSPS) is 21.1. The zero-order valence-electron chi connectivity index (χ0n) is 9.53. The van der Waals surface area contributed by atoms with Crippen molar-refractivity contribution in [3.63, 3.8) is 0 Å². The third kappa shape index (κ3) is 2.70. The molecular formula is C12H17FN2O. The predicted molar refractivity (Wildman–Crippen MR) is 61.0 cm³/mol. The highest BCUT2D eigenvalue weighted by molar-refractivity contribution is 5.38. The Morgan fingerprint density at radius 2 is 2.44 bits per heavy atom. The molecule has 0 saturated carbocycles. The minimum absolute atomic E-state index is 0.411. The maximum atomic E-state index is 13.0. The lowest BCUT2D eigenvalue weighted by Crippen LogP contribution is -2.37. The minimum atomic E-state index is -0.411. The van der Waals surface area contributed by atoms with Crippen molar-refractivity contribution in [2.45, 2.75) is 12.8 Å². The van der Waals surface area contributed by atoms with Gasteiger partial charge in [-0.05, 0) is 30.9 Å². The molecular weight excluding hydrogens is 207 g/mol. The van der Waals surface area contributed by atoms with E-state index in [1.165, 1.54) is 12.5 Å². The maximum Gasteiger partial charge on any atom is 0.214 e. The summed E-state index contributed by atoms with van der Waals surface area (Å²) >= 11 is 0. The molecule has 1 saturated heterocycles. The third-order valence-corrected chi connectivity index (χ3v) is 2.95. The van der Waals surface area contributed by atoms with Gasteiger partial charge in [0.2, 0.25) is 5.95 Å². The first-order valence-corrected chi connectivity index (χ1v) is 5.66. The Balaban J connectivity index is 2.03. The third-order valence-electron chi connectivity index (χ3n) is 2.95. The van der Waals surface area contributed by atoms with Crippen LogP contribution >= 0.6 is 0 Å². The number of nitrogens with zero attached hydrogens (tertiary/aromatic N) is 2. The number of methoxy groups -OCH3 is 1. The number of hydrogen-bond donors (Lipinski definition) is 0. The molecule has 2 rings (SSSR count). The number of halogens is 1. The van der Waals surface area contributed by atoms with Gasteiger partial charge in [-0.2, -0.15) is 4.39 Å². The van der Waals surface area contributed by atoms with Gasteiger partial charge in [-0.1, -0.05) is 6.07 Å². The Morgan fingerprint density at radius 1 is 1.56 bits per heavy atom. The van der Waals surface area contributed by atoms with Crippen LogP contribution in [0.3, 0.4) is 0 Å². The van der Waals surface area contributed by atoms with Crippen LogP contribution in [-0.2, 0) is 4.74 Å². The summed E-state index contributed by atoms with van der Waals surface area (Å²) in [6, 6.07) is 4.94. The number of ether oxygens (including phenoxy) is 1. The average molecular weight is 224 g/mol. The zero-order chi connectivity index (χ0) is 11.4. The van der Waals surface area contributed by atoms with Crippen molar-refractivity contribution in [2.75, 3.05) is 31.7 Å². The number of rotatable bonds is 3. The highest BCUT2D eigenvalue weighted by Crippen LogP contribution is 2.21. The van der Waals surface area contributed by atoms with Gasteiger partial charge in [0.05, 0.1) is 6.61 Å². The van der Waals surface area contributed by atoms with Gasteiger partial charge < -0.3 is 9.64 Å². The SMILES string of the molecule is COC[C@@H]1CCCN(c2cccc(F)n2)C1. The summed E-state index contributed by atoms with van der Waals surface area (Å²) in [6.45, 7) is 2.63. The fraction of sp³-hybridized carbons (Fsp3) is 0.583. The molecule has 16 heavy (non-hydrogen) atoms. The van der Waals surface area contributed by atoms with Gasteiger partial charge in [-0.3, -0.25) is 0 Å². The topological polar surface area (TPSA) is 25.4 Å². The van der Waals surface area contributed by atoms with Crippen LogP contribution in [0.4, 0.5) is 10.2 Å². The van der Waals surface area contributed by atoms with Crippen LogP contribution in [0, 0.1) is 11.9 Å². The van der Waals surface area contributed by atoms with Crippen molar-refractivity contribution in [3.8, 4) is 0 Å². The van der Waals surface area contributed by atoms with Crippen molar-refractivity contribution in [3.05, 3.63) is 24.1 Å². The molecule has 0 bridgehead atoms. The van der Waals surface area contributed by atoms with Gasteiger partial charge in [-0.15, -0.1) is 0 Å². The molecule has 3 nitrogen and oxygen atoms in total. The Morgan fingerprint density at radius 3 is 3.19 bits per heavy atom. The molecule has 1 aromatic rings. The summed E-state index contributed by atoms with van der Waals surface area (Å²) in [5, 5.41) is 0. The van der Waals surface area contributed by atoms with Crippen molar-refractivity contribution < 1.29 is 9.13 Å². The van der Waals surface area contributed by atoms with Crippen LogP contribution in [0.1, 0.15) is 12.8 Å². The summed E-state index contributed by atoms with van der Waals surface area (Å²) in [4.78, 5) is 6.05. The van der Waals surface area contributed by atoms with E-state index in [9.17, 15) is 4.39 Å². The number of piperidine rings is 1. The molecule has 0 radical (unpaired) electrons. The van der Waals surface area contributed by atoms with E-state index in [1.807, 2.05) is 6.07 Å². The first kappa shape index (κ1) is 11.3. The van der Waals surface area contributed by atoms with E-state index in [2.05, 4.69) is 9.88 Å². The van der Waals surface area contributed by atoms with E-state index in [-0.39, 0.29) is 0 Å². The molecule has 0 spiro atoms. The Labute approximate surface area is 95.2 Å². The Hall–Kier alpha value is -1.16. The summed E-state index contributed by atoms with van der Waals surface area (Å²) < 4.78 is 18.2. The monoisotopic (exact) mass is 224 g/mol. The molecule has 0 aromatic carbocycles. The van der Waals surface area contributed by atoms with Gasteiger partial charge in [0.25, 0.3) is 0 Å². The van der Waals surface area contributed by atoms with Gasteiger partial charge in [-0.25, -0.2) is 4.98 Å². The molecule has 1 aromatic heterocycles. The number of anilines is 1. The van der Waals surface area contributed by atoms with Crippen molar-refractivity contribution in [1.82, 2.24) is 4.98 Å². The fourth-order valence-electron chi connectivity index (χ4n) is 2.22. The second kappa shape index (κ2) is 5.25.